The van der Waals surface area contributed by atoms with Gasteiger partial charge in [-0.2, -0.15) is 0 Å². The van der Waals surface area contributed by atoms with E-state index in [1.165, 1.54) is 18.9 Å². The van der Waals surface area contributed by atoms with Crippen LogP contribution in [0.2, 0.25) is 0 Å². The minimum atomic E-state index is -0.488. The van der Waals surface area contributed by atoms with E-state index in [0.29, 0.717) is 18.0 Å². The quantitative estimate of drug-likeness (QED) is 0.687. The predicted molar refractivity (Wildman–Crippen MR) is 117 cm³/mol. The normalized spacial score (nSPS) is 26.2. The van der Waals surface area contributed by atoms with Crippen LogP contribution < -0.4 is 5.32 Å². The van der Waals surface area contributed by atoms with E-state index in [1.54, 1.807) is 6.33 Å². The van der Waals surface area contributed by atoms with Crippen LogP contribution in [0.25, 0.3) is 0 Å². The molecule has 7 heteroatoms. The van der Waals surface area contributed by atoms with E-state index in [-0.39, 0.29) is 5.97 Å². The van der Waals surface area contributed by atoms with Crippen molar-refractivity contribution in [2.75, 3.05) is 26.2 Å². The Morgan fingerprint density at radius 2 is 1.87 bits per heavy atom. The summed E-state index contributed by atoms with van der Waals surface area (Å²) in [4.78, 5) is 24.7. The fourth-order valence-electron chi connectivity index (χ4n) is 5.23. The van der Waals surface area contributed by atoms with Crippen molar-refractivity contribution in [3.63, 3.8) is 0 Å². The number of rotatable bonds is 7. The molecule has 1 aromatic heterocycles. The monoisotopic (exact) mass is 421 g/mol. The zero-order valence-electron chi connectivity index (χ0n) is 18.1. The van der Waals surface area contributed by atoms with Gasteiger partial charge in [-0.1, -0.05) is 30.3 Å². The summed E-state index contributed by atoms with van der Waals surface area (Å²) in [6.45, 7) is 5.67. The summed E-state index contributed by atoms with van der Waals surface area (Å²) in [7, 11) is 0. The highest BCUT2D eigenvalue weighted by Crippen LogP contribution is 2.41. The molecule has 5 rings (SSSR count). The number of carbonyl (C=O) groups excluding carboxylic acids is 1. The van der Waals surface area contributed by atoms with Gasteiger partial charge < -0.3 is 10.1 Å². The molecule has 0 radical (unpaired) electrons. The maximum absolute atomic E-state index is 11.8. The van der Waals surface area contributed by atoms with Crippen molar-refractivity contribution in [3.8, 4) is 0 Å². The third-order valence-corrected chi connectivity index (χ3v) is 6.83. The second kappa shape index (κ2) is 8.65. The first-order chi connectivity index (χ1) is 15.1. The lowest BCUT2D eigenvalue weighted by Crippen LogP contribution is -2.72. The standard InChI is InChI=1S/C24H31N5O2/c1-18(30)31-24(15-28(16-24)14-19-12-25-17-26-13-19)29-9-7-21(8-10-29)27-23-11-22(23)20-5-3-2-4-6-20/h2-6,12-13,17,21-23,27H,7-11,14-16H2,1H3/t22-,23+/m0/s1. The lowest BCUT2D eigenvalue weighted by molar-refractivity contribution is -0.232. The molecule has 1 saturated carbocycles. The molecule has 164 valence electrons. The number of carbonyl (C=O) groups is 1. The van der Waals surface area contributed by atoms with Gasteiger partial charge in [0, 0.05) is 62.5 Å². The minimum Gasteiger partial charge on any atom is -0.441 e. The van der Waals surface area contributed by atoms with E-state index in [2.05, 4.69) is 55.4 Å². The Hall–Kier alpha value is -2.35. The van der Waals surface area contributed by atoms with Crippen LogP contribution in [-0.2, 0) is 16.1 Å². The molecule has 1 aliphatic carbocycles. The van der Waals surface area contributed by atoms with E-state index in [9.17, 15) is 4.79 Å². The average Bonchev–Trinajstić information content (AvgIpc) is 3.53. The number of ether oxygens (including phenoxy) is 1. The summed E-state index contributed by atoms with van der Waals surface area (Å²) < 4.78 is 5.88. The number of hydrogen-bond donors (Lipinski definition) is 1. The van der Waals surface area contributed by atoms with Gasteiger partial charge in [0.05, 0.1) is 13.1 Å². The van der Waals surface area contributed by atoms with Gasteiger partial charge in [0.1, 0.15) is 6.33 Å². The predicted octanol–water partition coefficient (Wildman–Crippen LogP) is 2.16. The van der Waals surface area contributed by atoms with Gasteiger partial charge in [-0.15, -0.1) is 0 Å². The number of benzene rings is 1. The highest BCUT2D eigenvalue weighted by atomic mass is 16.6. The molecule has 31 heavy (non-hydrogen) atoms. The molecule has 3 heterocycles. The molecule has 2 aromatic rings. The van der Waals surface area contributed by atoms with Gasteiger partial charge in [0.2, 0.25) is 0 Å². The molecule has 0 amide bonds. The Labute approximate surface area is 183 Å². The van der Waals surface area contributed by atoms with Gasteiger partial charge in [0.25, 0.3) is 0 Å². The third-order valence-electron chi connectivity index (χ3n) is 6.83. The van der Waals surface area contributed by atoms with Crippen LogP contribution in [0.15, 0.2) is 49.1 Å². The first-order valence-corrected chi connectivity index (χ1v) is 11.3. The Bertz CT molecular complexity index is 879. The number of hydrogen-bond acceptors (Lipinski definition) is 7. The van der Waals surface area contributed by atoms with E-state index in [0.717, 1.165) is 51.1 Å². The summed E-state index contributed by atoms with van der Waals surface area (Å²) in [5, 5.41) is 3.87. The zero-order valence-corrected chi connectivity index (χ0v) is 18.1. The fourth-order valence-corrected chi connectivity index (χ4v) is 5.23. The summed E-state index contributed by atoms with van der Waals surface area (Å²) in [5.41, 5.74) is 2.04. The second-order valence-corrected chi connectivity index (χ2v) is 9.22. The lowest BCUT2D eigenvalue weighted by Gasteiger charge is -2.55. The van der Waals surface area contributed by atoms with Gasteiger partial charge in [0.15, 0.2) is 5.72 Å². The number of likely N-dealkylation sites (tertiary alicyclic amines) is 2. The maximum atomic E-state index is 11.8. The van der Waals surface area contributed by atoms with Crippen molar-refractivity contribution < 1.29 is 9.53 Å². The van der Waals surface area contributed by atoms with E-state index in [1.807, 2.05) is 12.4 Å². The van der Waals surface area contributed by atoms with Crippen molar-refractivity contribution in [1.29, 1.82) is 0 Å². The molecule has 0 spiro atoms. The number of nitrogens with one attached hydrogen (secondary N) is 1. The zero-order chi connectivity index (χ0) is 21.3. The Morgan fingerprint density at radius 1 is 1.16 bits per heavy atom. The Balaban J connectivity index is 1.13. The smallest absolute Gasteiger partial charge is 0.304 e. The number of piperidine rings is 1. The molecule has 3 fully saturated rings. The highest BCUT2D eigenvalue weighted by Gasteiger charge is 2.51. The molecule has 7 nitrogen and oxygen atoms in total. The maximum Gasteiger partial charge on any atom is 0.304 e. The van der Waals surface area contributed by atoms with Crippen LogP contribution >= 0.6 is 0 Å². The molecule has 0 unspecified atom stereocenters. The first-order valence-electron chi connectivity index (χ1n) is 11.3. The van der Waals surface area contributed by atoms with Crippen LogP contribution in [-0.4, -0.2) is 69.7 Å². The van der Waals surface area contributed by atoms with Crippen molar-refractivity contribution in [1.82, 2.24) is 25.1 Å². The van der Waals surface area contributed by atoms with Crippen molar-refractivity contribution in [2.45, 2.75) is 56.5 Å². The van der Waals surface area contributed by atoms with Crippen molar-refractivity contribution in [2.24, 2.45) is 0 Å². The van der Waals surface area contributed by atoms with E-state index < -0.39 is 5.72 Å². The Kier molecular flexibility index (Phi) is 5.73. The summed E-state index contributed by atoms with van der Waals surface area (Å²) in [5.74, 6) is 0.459. The van der Waals surface area contributed by atoms with Crippen LogP contribution in [0.3, 0.4) is 0 Å². The van der Waals surface area contributed by atoms with Crippen LogP contribution in [0, 0.1) is 0 Å². The molecule has 2 atom stereocenters. The fraction of sp³-hybridized carbons (Fsp3) is 0.542. The molecular formula is C24H31N5O2. The molecule has 1 N–H and O–H groups in total. The lowest BCUT2D eigenvalue weighted by atomic mass is 9.95. The first kappa shape index (κ1) is 20.5. The van der Waals surface area contributed by atoms with Gasteiger partial charge >= 0.3 is 5.97 Å². The third kappa shape index (κ3) is 4.63. The van der Waals surface area contributed by atoms with Gasteiger partial charge in [-0.05, 0) is 24.8 Å². The number of aromatic nitrogens is 2. The van der Waals surface area contributed by atoms with Gasteiger partial charge in [-0.25, -0.2) is 9.97 Å². The molecular weight excluding hydrogens is 390 g/mol. The molecule has 2 saturated heterocycles. The number of nitrogens with zero attached hydrogens (tertiary/aromatic N) is 4. The summed E-state index contributed by atoms with van der Waals surface area (Å²) in [6, 6.07) is 12.0. The van der Waals surface area contributed by atoms with Gasteiger partial charge in [-0.3, -0.25) is 14.6 Å². The van der Waals surface area contributed by atoms with Crippen LogP contribution in [0.1, 0.15) is 43.2 Å². The molecule has 0 bridgehead atoms. The molecule has 3 aliphatic rings. The molecule has 1 aromatic carbocycles. The topological polar surface area (TPSA) is 70.6 Å². The van der Waals surface area contributed by atoms with Crippen LogP contribution in [0.5, 0.6) is 0 Å². The minimum absolute atomic E-state index is 0.202. The summed E-state index contributed by atoms with van der Waals surface area (Å²) in [6.07, 6.45) is 8.65. The largest absolute Gasteiger partial charge is 0.441 e. The van der Waals surface area contributed by atoms with Crippen molar-refractivity contribution in [3.05, 3.63) is 60.2 Å². The highest BCUT2D eigenvalue weighted by molar-refractivity contribution is 5.66. The Morgan fingerprint density at radius 3 is 2.55 bits per heavy atom. The molecule has 2 aliphatic heterocycles. The average molecular weight is 422 g/mol. The van der Waals surface area contributed by atoms with Crippen molar-refractivity contribution >= 4 is 5.97 Å². The van der Waals surface area contributed by atoms with E-state index >= 15 is 0 Å². The number of esters is 1. The second-order valence-electron chi connectivity index (χ2n) is 9.22. The summed E-state index contributed by atoms with van der Waals surface area (Å²) >= 11 is 0. The SMILES string of the molecule is CC(=O)OC1(N2CCC(N[C@@H]3C[C@H]3c3ccccc3)CC2)CN(Cc2cncnc2)C1. The van der Waals surface area contributed by atoms with Crippen LogP contribution in [0.4, 0.5) is 0 Å². The van der Waals surface area contributed by atoms with E-state index in [4.69, 9.17) is 4.74 Å².